The van der Waals surface area contributed by atoms with Crippen LogP contribution in [0.15, 0.2) is 0 Å². The summed E-state index contributed by atoms with van der Waals surface area (Å²) in [6, 6.07) is 0. The first-order chi connectivity index (χ1) is 6.02. The van der Waals surface area contributed by atoms with Gasteiger partial charge in [-0.25, -0.2) is 0 Å². The van der Waals surface area contributed by atoms with Gasteiger partial charge in [0.05, 0.1) is 0 Å². The highest BCUT2D eigenvalue weighted by molar-refractivity contribution is 6.60. The highest BCUT2D eigenvalue weighted by Crippen LogP contribution is 2.16. The van der Waals surface area contributed by atoms with E-state index in [1.807, 2.05) is 0 Å². The van der Waals surface area contributed by atoms with Gasteiger partial charge in [-0.1, -0.05) is 27.7 Å². The highest BCUT2D eigenvalue weighted by atomic mass is 28.4. The Morgan fingerprint density at radius 3 is 1.23 bits per heavy atom. The minimum absolute atomic E-state index is 0.462. The second-order valence-corrected chi connectivity index (χ2v) is 8.68. The largest absolute Gasteiger partial charge is 0.412 e. The Bertz CT molecular complexity index is 117. The van der Waals surface area contributed by atoms with Crippen LogP contribution in [0.25, 0.3) is 0 Å². The van der Waals surface area contributed by atoms with E-state index in [9.17, 15) is 0 Å². The lowest BCUT2D eigenvalue weighted by Gasteiger charge is -2.22. The zero-order valence-corrected chi connectivity index (χ0v) is 11.4. The fourth-order valence-corrected chi connectivity index (χ4v) is 5.18. The Balaban J connectivity index is 4.03. The molecule has 0 spiro atoms. The monoisotopic (exact) mass is 220 g/mol. The molecule has 0 aromatic heterocycles. The van der Waals surface area contributed by atoms with E-state index in [1.54, 1.807) is 14.2 Å². The van der Waals surface area contributed by atoms with Gasteiger partial charge < -0.3 is 13.0 Å². The fraction of sp³-hybridized carbons (Fsp3) is 1.00. The van der Waals surface area contributed by atoms with Gasteiger partial charge in [0.25, 0.3) is 0 Å². The van der Waals surface area contributed by atoms with E-state index < -0.39 is 18.6 Å². The Kier molecular flexibility index (Phi) is 6.88. The second-order valence-electron chi connectivity index (χ2n) is 3.46. The van der Waals surface area contributed by atoms with E-state index >= 15 is 0 Å². The van der Waals surface area contributed by atoms with Gasteiger partial charge in [-0.15, -0.1) is 0 Å². The van der Waals surface area contributed by atoms with Crippen LogP contribution in [-0.2, 0) is 13.0 Å². The summed E-state index contributed by atoms with van der Waals surface area (Å²) < 4.78 is 16.5. The SMILES string of the molecule is CO[Si](O[Si](OC)C(C)C)C(C)C. The molecule has 0 N–H and O–H groups in total. The molecule has 0 aromatic carbocycles. The average Bonchev–Trinajstić information content (AvgIpc) is 2.05. The summed E-state index contributed by atoms with van der Waals surface area (Å²) in [5, 5.41) is 0. The number of hydrogen-bond acceptors (Lipinski definition) is 3. The number of hydrogen-bond donors (Lipinski definition) is 0. The van der Waals surface area contributed by atoms with Crippen LogP contribution in [0.4, 0.5) is 0 Å². The summed E-state index contributed by atoms with van der Waals surface area (Å²) in [5.74, 6) is 0. The molecule has 0 unspecified atom stereocenters. The van der Waals surface area contributed by atoms with Crippen molar-refractivity contribution in [3.63, 3.8) is 0 Å². The molecule has 0 aliphatic heterocycles. The van der Waals surface area contributed by atoms with Crippen molar-refractivity contribution in [2.75, 3.05) is 14.2 Å². The van der Waals surface area contributed by atoms with Crippen LogP contribution in [0, 0.1) is 0 Å². The molecule has 0 bridgehead atoms. The Morgan fingerprint density at radius 2 is 1.08 bits per heavy atom. The van der Waals surface area contributed by atoms with Gasteiger partial charge in [0, 0.05) is 14.2 Å². The van der Waals surface area contributed by atoms with Crippen LogP contribution < -0.4 is 0 Å². The first-order valence-electron chi connectivity index (χ1n) is 4.52. The number of rotatable bonds is 6. The maximum Gasteiger partial charge on any atom is 0.377 e. The third-order valence-electron chi connectivity index (χ3n) is 1.55. The van der Waals surface area contributed by atoms with Gasteiger partial charge in [0.2, 0.25) is 0 Å². The van der Waals surface area contributed by atoms with Gasteiger partial charge in [-0.2, -0.15) is 0 Å². The van der Waals surface area contributed by atoms with E-state index in [1.165, 1.54) is 0 Å². The van der Waals surface area contributed by atoms with Crippen LogP contribution in [-0.4, -0.2) is 32.8 Å². The zero-order chi connectivity index (χ0) is 10.4. The average molecular weight is 220 g/mol. The molecular weight excluding hydrogens is 200 g/mol. The maximum atomic E-state index is 5.83. The lowest BCUT2D eigenvalue weighted by molar-refractivity contribution is 0.267. The Hall–Kier alpha value is 0.314. The summed E-state index contributed by atoms with van der Waals surface area (Å²) in [5.41, 5.74) is 0.924. The molecule has 0 heterocycles. The van der Waals surface area contributed by atoms with Crippen LogP contribution in [0.1, 0.15) is 27.7 Å². The van der Waals surface area contributed by atoms with E-state index in [4.69, 9.17) is 13.0 Å². The van der Waals surface area contributed by atoms with Crippen LogP contribution in [0.2, 0.25) is 11.1 Å². The zero-order valence-electron chi connectivity index (χ0n) is 9.38. The first-order valence-corrected chi connectivity index (χ1v) is 7.31. The van der Waals surface area contributed by atoms with Gasteiger partial charge in [-0.3, -0.25) is 0 Å². The van der Waals surface area contributed by atoms with E-state index in [0.717, 1.165) is 0 Å². The third kappa shape index (κ3) is 4.92. The predicted molar refractivity (Wildman–Crippen MR) is 56.8 cm³/mol. The summed E-state index contributed by atoms with van der Waals surface area (Å²) in [4.78, 5) is 0. The fourth-order valence-electron chi connectivity index (χ4n) is 0.890. The van der Waals surface area contributed by atoms with Crippen molar-refractivity contribution in [2.24, 2.45) is 0 Å². The highest BCUT2D eigenvalue weighted by Gasteiger charge is 2.28. The standard InChI is InChI=1S/C8H20O3Si2/c1-7(2)12(9-5)11-13(10-6)8(3)4/h7-8H,1-6H3. The molecule has 5 heteroatoms. The van der Waals surface area contributed by atoms with Crippen molar-refractivity contribution in [1.82, 2.24) is 0 Å². The van der Waals surface area contributed by atoms with Crippen molar-refractivity contribution in [3.8, 4) is 0 Å². The molecule has 0 aliphatic rings. The molecule has 0 amide bonds. The summed E-state index contributed by atoms with van der Waals surface area (Å²) >= 11 is 0. The minimum atomic E-state index is -1.14. The molecule has 78 valence electrons. The maximum absolute atomic E-state index is 5.83. The van der Waals surface area contributed by atoms with Gasteiger partial charge in [0.1, 0.15) is 0 Å². The van der Waals surface area contributed by atoms with E-state index in [0.29, 0.717) is 11.1 Å². The molecular formula is C8H20O3Si2. The Morgan fingerprint density at radius 1 is 0.769 bits per heavy atom. The molecule has 13 heavy (non-hydrogen) atoms. The predicted octanol–water partition coefficient (Wildman–Crippen LogP) is 2.09. The van der Waals surface area contributed by atoms with Gasteiger partial charge >= 0.3 is 18.6 Å². The van der Waals surface area contributed by atoms with Crippen LogP contribution in [0.3, 0.4) is 0 Å². The lowest BCUT2D eigenvalue weighted by Crippen LogP contribution is -2.36. The molecule has 0 fully saturated rings. The molecule has 2 radical (unpaired) electrons. The smallest absolute Gasteiger partial charge is 0.377 e. The topological polar surface area (TPSA) is 27.7 Å². The lowest BCUT2D eigenvalue weighted by atomic mass is 10.6. The van der Waals surface area contributed by atoms with Crippen LogP contribution in [0.5, 0.6) is 0 Å². The summed E-state index contributed by atoms with van der Waals surface area (Å²) in [7, 11) is 1.15. The van der Waals surface area contributed by atoms with Crippen molar-refractivity contribution >= 4 is 18.6 Å². The Labute approximate surface area is 85.1 Å². The van der Waals surface area contributed by atoms with Gasteiger partial charge in [0.15, 0.2) is 0 Å². The van der Waals surface area contributed by atoms with E-state index in [-0.39, 0.29) is 0 Å². The summed E-state index contributed by atoms with van der Waals surface area (Å²) in [6.07, 6.45) is 0. The molecule has 0 atom stereocenters. The van der Waals surface area contributed by atoms with Gasteiger partial charge in [-0.05, 0) is 11.1 Å². The molecule has 0 rings (SSSR count). The molecule has 0 aromatic rings. The quantitative estimate of drug-likeness (QED) is 0.642. The van der Waals surface area contributed by atoms with Crippen molar-refractivity contribution in [1.29, 1.82) is 0 Å². The normalized spacial score (nSPS) is 12.5. The third-order valence-corrected chi connectivity index (χ3v) is 5.85. The molecule has 0 aliphatic carbocycles. The minimum Gasteiger partial charge on any atom is -0.412 e. The van der Waals surface area contributed by atoms with Crippen molar-refractivity contribution in [2.45, 2.75) is 38.8 Å². The molecule has 0 saturated carbocycles. The first kappa shape index (κ1) is 13.3. The summed E-state index contributed by atoms with van der Waals surface area (Å²) in [6.45, 7) is 8.47. The van der Waals surface area contributed by atoms with Crippen molar-refractivity contribution in [3.05, 3.63) is 0 Å². The van der Waals surface area contributed by atoms with Crippen LogP contribution >= 0.6 is 0 Å². The molecule has 0 saturated heterocycles. The van der Waals surface area contributed by atoms with E-state index in [2.05, 4.69) is 27.7 Å². The molecule has 3 nitrogen and oxygen atoms in total. The second kappa shape index (κ2) is 6.72. The van der Waals surface area contributed by atoms with Crippen molar-refractivity contribution < 1.29 is 13.0 Å².